The van der Waals surface area contributed by atoms with Gasteiger partial charge in [-0.15, -0.1) is 0 Å². The first-order valence-corrected chi connectivity index (χ1v) is 8.71. The van der Waals surface area contributed by atoms with Gasteiger partial charge in [-0.2, -0.15) is 0 Å². The summed E-state index contributed by atoms with van der Waals surface area (Å²) < 4.78 is 7.01. The largest absolute Gasteiger partial charge is 0.368 e. The highest BCUT2D eigenvalue weighted by Crippen LogP contribution is 2.33. The third kappa shape index (κ3) is 2.53. The number of rotatable bonds is 3. The van der Waals surface area contributed by atoms with Crippen molar-refractivity contribution in [2.24, 2.45) is 0 Å². The number of aromatic nitrogens is 3. The van der Waals surface area contributed by atoms with Gasteiger partial charge < -0.3 is 9.64 Å². The van der Waals surface area contributed by atoms with Crippen LogP contribution in [0.4, 0.5) is 0 Å². The lowest BCUT2D eigenvalue weighted by Gasteiger charge is -2.26. The molecule has 4 rings (SSSR count). The second kappa shape index (κ2) is 6.05. The average molecular weight is 330 g/mol. The van der Waals surface area contributed by atoms with Crippen LogP contribution in [0.1, 0.15) is 50.0 Å². The molecule has 2 aliphatic rings. The lowest BCUT2D eigenvalue weighted by molar-refractivity contribution is -0.142. The van der Waals surface area contributed by atoms with E-state index in [1.165, 1.54) is 4.52 Å². The summed E-state index contributed by atoms with van der Waals surface area (Å²) in [5.41, 5.74) is 2.16. The molecule has 2 aliphatic heterocycles. The van der Waals surface area contributed by atoms with E-state index in [1.807, 2.05) is 17.9 Å². The number of aryl methyl sites for hydroxylation is 1. The van der Waals surface area contributed by atoms with Gasteiger partial charge >= 0.3 is 0 Å². The molecule has 7 heteroatoms. The van der Waals surface area contributed by atoms with E-state index >= 15 is 0 Å². The molecule has 0 saturated carbocycles. The van der Waals surface area contributed by atoms with Crippen molar-refractivity contribution >= 4 is 11.6 Å². The second-order valence-corrected chi connectivity index (χ2v) is 6.54. The van der Waals surface area contributed by atoms with Gasteiger partial charge in [0.1, 0.15) is 6.10 Å². The van der Waals surface area contributed by atoms with Crippen molar-refractivity contribution < 1.29 is 9.53 Å². The first kappa shape index (κ1) is 15.4. The molecule has 0 radical (unpaired) electrons. The molecule has 1 N–H and O–H groups in total. The van der Waals surface area contributed by atoms with Crippen molar-refractivity contribution in [2.75, 3.05) is 13.2 Å². The van der Waals surface area contributed by atoms with Crippen molar-refractivity contribution in [1.82, 2.24) is 19.5 Å². The summed E-state index contributed by atoms with van der Waals surface area (Å²) in [5.74, 6) is 0.0724. The summed E-state index contributed by atoms with van der Waals surface area (Å²) in [5, 5.41) is 3.14. The lowest BCUT2D eigenvalue weighted by atomic mass is 10.1. The molecule has 128 valence electrons. The average Bonchev–Trinajstić information content (AvgIpc) is 3.31. The highest BCUT2D eigenvalue weighted by molar-refractivity contribution is 5.82. The maximum Gasteiger partial charge on any atom is 0.272 e. The van der Waals surface area contributed by atoms with Crippen LogP contribution in [0.25, 0.3) is 5.65 Å². The Kier molecular flexibility index (Phi) is 3.88. The van der Waals surface area contributed by atoms with Crippen LogP contribution in [0.15, 0.2) is 16.9 Å². The number of carbonyl (C=O) groups is 1. The van der Waals surface area contributed by atoms with Crippen LogP contribution in [-0.2, 0) is 16.0 Å². The Labute approximate surface area is 139 Å². The van der Waals surface area contributed by atoms with E-state index in [-0.39, 0.29) is 23.6 Å². The summed E-state index contributed by atoms with van der Waals surface area (Å²) in [6, 6.07) is 3.41. The van der Waals surface area contributed by atoms with Crippen LogP contribution >= 0.6 is 0 Å². The number of hydrogen-bond acceptors (Lipinski definition) is 4. The molecule has 0 unspecified atom stereocenters. The molecular weight excluding hydrogens is 308 g/mol. The predicted octanol–water partition coefficient (Wildman–Crippen LogP) is 1.43. The van der Waals surface area contributed by atoms with Crippen LogP contribution in [0.3, 0.4) is 0 Å². The first-order chi connectivity index (χ1) is 11.7. The Morgan fingerprint density at radius 1 is 1.38 bits per heavy atom. The molecule has 2 aromatic rings. The van der Waals surface area contributed by atoms with Gasteiger partial charge in [0, 0.05) is 31.0 Å². The Morgan fingerprint density at radius 3 is 3.00 bits per heavy atom. The smallest absolute Gasteiger partial charge is 0.272 e. The molecular formula is C17H22N4O3. The SMILES string of the molecule is CCc1cc(=O)n2[nH]c([C@H]3CCCN3C(=O)[C@H]3CCCO3)cc2n1. The van der Waals surface area contributed by atoms with E-state index < -0.39 is 0 Å². The summed E-state index contributed by atoms with van der Waals surface area (Å²) >= 11 is 0. The van der Waals surface area contributed by atoms with Gasteiger partial charge in [-0.25, -0.2) is 9.50 Å². The quantitative estimate of drug-likeness (QED) is 0.923. The highest BCUT2D eigenvalue weighted by Gasteiger charge is 2.36. The van der Waals surface area contributed by atoms with Gasteiger partial charge in [-0.1, -0.05) is 6.92 Å². The molecule has 0 spiro atoms. The van der Waals surface area contributed by atoms with Crippen LogP contribution < -0.4 is 5.56 Å². The van der Waals surface area contributed by atoms with Crippen LogP contribution in [0, 0.1) is 0 Å². The third-order valence-electron chi connectivity index (χ3n) is 4.99. The van der Waals surface area contributed by atoms with Crippen molar-refractivity contribution in [2.45, 2.75) is 51.2 Å². The highest BCUT2D eigenvalue weighted by atomic mass is 16.5. The molecule has 7 nitrogen and oxygen atoms in total. The van der Waals surface area contributed by atoms with Crippen molar-refractivity contribution in [3.63, 3.8) is 0 Å². The number of fused-ring (bicyclic) bond motifs is 1. The number of carbonyl (C=O) groups excluding carboxylic acids is 1. The second-order valence-electron chi connectivity index (χ2n) is 6.54. The fraction of sp³-hybridized carbons (Fsp3) is 0.588. The van der Waals surface area contributed by atoms with Crippen LogP contribution in [0.5, 0.6) is 0 Å². The van der Waals surface area contributed by atoms with Gasteiger partial charge in [0.05, 0.1) is 11.7 Å². The normalized spacial score (nSPS) is 24.1. The molecule has 2 fully saturated rings. The van der Waals surface area contributed by atoms with Gasteiger partial charge in [0.2, 0.25) is 0 Å². The Bertz CT molecular complexity index is 819. The summed E-state index contributed by atoms with van der Waals surface area (Å²) in [4.78, 5) is 31.3. The number of H-pyrrole nitrogens is 1. The third-order valence-corrected chi connectivity index (χ3v) is 4.99. The van der Waals surface area contributed by atoms with E-state index in [2.05, 4.69) is 10.1 Å². The molecule has 2 saturated heterocycles. The van der Waals surface area contributed by atoms with Crippen LogP contribution in [-0.4, -0.2) is 44.7 Å². The molecule has 0 aliphatic carbocycles. The predicted molar refractivity (Wildman–Crippen MR) is 87.9 cm³/mol. The van der Waals surface area contributed by atoms with Crippen LogP contribution in [0.2, 0.25) is 0 Å². The molecule has 1 amide bonds. The number of likely N-dealkylation sites (tertiary alicyclic amines) is 1. The minimum absolute atomic E-state index is 0.0344. The van der Waals surface area contributed by atoms with Gasteiger partial charge in [0.25, 0.3) is 11.5 Å². The molecule has 2 aromatic heterocycles. The minimum Gasteiger partial charge on any atom is -0.368 e. The maximum atomic E-state index is 12.7. The topological polar surface area (TPSA) is 79.7 Å². The fourth-order valence-corrected chi connectivity index (χ4v) is 3.72. The van der Waals surface area contributed by atoms with E-state index in [0.717, 1.165) is 50.0 Å². The standard InChI is InChI=1S/C17H22N4O3/c1-2-11-9-16(22)21-15(18-11)10-12(19-21)13-5-3-7-20(13)17(23)14-6-4-8-24-14/h9-10,13-14,19H,2-8H2,1H3/t13-,14-/m1/s1. The fourth-order valence-electron chi connectivity index (χ4n) is 3.72. The summed E-state index contributed by atoms with van der Waals surface area (Å²) in [6.07, 6.45) is 4.01. The summed E-state index contributed by atoms with van der Waals surface area (Å²) in [7, 11) is 0. The van der Waals surface area contributed by atoms with Crippen molar-refractivity contribution in [1.29, 1.82) is 0 Å². The Balaban J connectivity index is 1.66. The van der Waals surface area contributed by atoms with Crippen molar-refractivity contribution in [3.05, 3.63) is 33.9 Å². The zero-order chi connectivity index (χ0) is 16.7. The van der Waals surface area contributed by atoms with E-state index in [1.54, 1.807) is 6.07 Å². The molecule has 4 heterocycles. The van der Waals surface area contributed by atoms with Gasteiger partial charge in [0.15, 0.2) is 5.65 Å². The van der Waals surface area contributed by atoms with Gasteiger partial charge in [-0.05, 0) is 32.1 Å². The number of ether oxygens (including phenoxy) is 1. The maximum absolute atomic E-state index is 12.7. The summed E-state index contributed by atoms with van der Waals surface area (Å²) in [6.45, 7) is 3.38. The van der Waals surface area contributed by atoms with E-state index in [4.69, 9.17) is 4.74 Å². The van der Waals surface area contributed by atoms with E-state index in [0.29, 0.717) is 12.3 Å². The number of aromatic amines is 1. The minimum atomic E-state index is -0.303. The number of hydrogen-bond donors (Lipinski definition) is 1. The Hall–Kier alpha value is -2.15. The van der Waals surface area contributed by atoms with Crippen molar-refractivity contribution in [3.8, 4) is 0 Å². The first-order valence-electron chi connectivity index (χ1n) is 8.71. The van der Waals surface area contributed by atoms with E-state index in [9.17, 15) is 9.59 Å². The zero-order valence-corrected chi connectivity index (χ0v) is 13.8. The molecule has 0 aromatic carbocycles. The molecule has 2 atom stereocenters. The molecule has 0 bridgehead atoms. The number of nitrogens with one attached hydrogen (secondary N) is 1. The number of nitrogens with zero attached hydrogens (tertiary/aromatic N) is 3. The monoisotopic (exact) mass is 330 g/mol. The molecule has 24 heavy (non-hydrogen) atoms. The zero-order valence-electron chi connectivity index (χ0n) is 13.8. The Morgan fingerprint density at radius 2 is 2.25 bits per heavy atom. The lowest BCUT2D eigenvalue weighted by Crippen LogP contribution is -2.38. The number of amides is 1. The van der Waals surface area contributed by atoms with Gasteiger partial charge in [-0.3, -0.25) is 14.7 Å².